The summed E-state index contributed by atoms with van der Waals surface area (Å²) >= 11 is 0. The second-order valence-corrected chi connectivity index (χ2v) is 4.29. The van der Waals surface area contributed by atoms with Gasteiger partial charge in [0.1, 0.15) is 0 Å². The Hall–Kier alpha value is -1.46. The molecule has 0 spiro atoms. The fourth-order valence-corrected chi connectivity index (χ4v) is 1.88. The first-order chi connectivity index (χ1) is 9.17. The van der Waals surface area contributed by atoms with Gasteiger partial charge in [-0.25, -0.2) is 0 Å². The SMILES string of the molecule is COc1ccc(CNC(C)CCO)c(OC)c1OC. The van der Waals surface area contributed by atoms with Gasteiger partial charge in [-0.2, -0.15) is 0 Å². The molecular weight excluding hydrogens is 246 g/mol. The maximum absolute atomic E-state index is 8.88. The van der Waals surface area contributed by atoms with Crippen LogP contribution in [-0.4, -0.2) is 39.1 Å². The van der Waals surface area contributed by atoms with Gasteiger partial charge in [0, 0.05) is 24.8 Å². The van der Waals surface area contributed by atoms with Crippen molar-refractivity contribution in [3.05, 3.63) is 17.7 Å². The van der Waals surface area contributed by atoms with Crippen LogP contribution in [0.15, 0.2) is 12.1 Å². The van der Waals surface area contributed by atoms with E-state index in [0.717, 1.165) is 12.0 Å². The average Bonchev–Trinajstić information content (AvgIpc) is 2.43. The van der Waals surface area contributed by atoms with Crippen molar-refractivity contribution in [2.75, 3.05) is 27.9 Å². The summed E-state index contributed by atoms with van der Waals surface area (Å²) in [5.74, 6) is 1.91. The van der Waals surface area contributed by atoms with Gasteiger partial charge in [-0.3, -0.25) is 0 Å². The number of ether oxygens (including phenoxy) is 3. The summed E-state index contributed by atoms with van der Waals surface area (Å²) in [7, 11) is 4.79. The van der Waals surface area contributed by atoms with E-state index in [2.05, 4.69) is 5.32 Å². The first kappa shape index (κ1) is 15.6. The zero-order chi connectivity index (χ0) is 14.3. The number of methoxy groups -OCH3 is 3. The monoisotopic (exact) mass is 269 g/mol. The van der Waals surface area contributed by atoms with E-state index in [1.54, 1.807) is 21.3 Å². The predicted molar refractivity (Wildman–Crippen MR) is 74.1 cm³/mol. The topological polar surface area (TPSA) is 60.0 Å². The molecule has 1 aromatic carbocycles. The zero-order valence-corrected chi connectivity index (χ0v) is 12.0. The van der Waals surface area contributed by atoms with E-state index in [1.807, 2.05) is 19.1 Å². The first-order valence-corrected chi connectivity index (χ1v) is 6.30. The van der Waals surface area contributed by atoms with Crippen LogP contribution >= 0.6 is 0 Å². The highest BCUT2D eigenvalue weighted by Gasteiger charge is 2.15. The first-order valence-electron chi connectivity index (χ1n) is 6.30. The molecule has 19 heavy (non-hydrogen) atoms. The highest BCUT2D eigenvalue weighted by molar-refractivity contribution is 5.55. The molecule has 2 N–H and O–H groups in total. The van der Waals surface area contributed by atoms with Gasteiger partial charge < -0.3 is 24.6 Å². The summed E-state index contributed by atoms with van der Waals surface area (Å²) in [6.45, 7) is 2.85. The Morgan fingerprint density at radius 1 is 1.11 bits per heavy atom. The Balaban J connectivity index is 2.89. The maximum atomic E-state index is 8.88. The fraction of sp³-hybridized carbons (Fsp3) is 0.571. The van der Waals surface area contributed by atoms with Crippen molar-refractivity contribution in [1.82, 2.24) is 5.32 Å². The van der Waals surface area contributed by atoms with Crippen LogP contribution in [0.1, 0.15) is 18.9 Å². The van der Waals surface area contributed by atoms with E-state index in [1.165, 1.54) is 0 Å². The molecule has 0 aliphatic carbocycles. The molecule has 0 aliphatic heterocycles. The van der Waals surface area contributed by atoms with Gasteiger partial charge in [0.25, 0.3) is 0 Å². The molecule has 0 amide bonds. The highest BCUT2D eigenvalue weighted by Crippen LogP contribution is 2.39. The van der Waals surface area contributed by atoms with Crippen molar-refractivity contribution in [3.8, 4) is 17.2 Å². The molecule has 0 bridgehead atoms. The molecule has 1 atom stereocenters. The minimum atomic E-state index is 0.178. The smallest absolute Gasteiger partial charge is 0.203 e. The van der Waals surface area contributed by atoms with E-state index in [-0.39, 0.29) is 12.6 Å². The van der Waals surface area contributed by atoms with Crippen molar-refractivity contribution >= 4 is 0 Å². The molecule has 108 valence electrons. The van der Waals surface area contributed by atoms with Gasteiger partial charge in [-0.05, 0) is 19.4 Å². The highest BCUT2D eigenvalue weighted by atomic mass is 16.5. The molecule has 0 heterocycles. The van der Waals surface area contributed by atoms with E-state index < -0.39 is 0 Å². The number of hydrogen-bond donors (Lipinski definition) is 2. The Morgan fingerprint density at radius 2 is 1.79 bits per heavy atom. The summed E-state index contributed by atoms with van der Waals surface area (Å²) in [4.78, 5) is 0. The number of aliphatic hydroxyl groups is 1. The van der Waals surface area contributed by atoms with Crippen LogP contribution in [0.3, 0.4) is 0 Å². The second kappa shape index (κ2) is 7.86. The summed E-state index contributed by atoms with van der Waals surface area (Å²) in [5.41, 5.74) is 0.991. The van der Waals surface area contributed by atoms with Crippen LogP contribution in [0.25, 0.3) is 0 Å². The van der Waals surface area contributed by atoms with Crippen molar-refractivity contribution in [2.24, 2.45) is 0 Å². The summed E-state index contributed by atoms with van der Waals surface area (Å²) in [5, 5.41) is 12.2. The van der Waals surface area contributed by atoms with Crippen LogP contribution in [0.4, 0.5) is 0 Å². The van der Waals surface area contributed by atoms with Crippen molar-refractivity contribution in [1.29, 1.82) is 0 Å². The second-order valence-electron chi connectivity index (χ2n) is 4.29. The third-order valence-electron chi connectivity index (χ3n) is 2.99. The van der Waals surface area contributed by atoms with E-state index in [4.69, 9.17) is 19.3 Å². The molecule has 0 aromatic heterocycles. The lowest BCUT2D eigenvalue weighted by atomic mass is 10.1. The van der Waals surface area contributed by atoms with Crippen LogP contribution < -0.4 is 19.5 Å². The molecule has 1 aromatic rings. The normalized spacial score (nSPS) is 12.1. The molecular formula is C14H23NO4. The Kier molecular flexibility index (Phi) is 6.45. The van der Waals surface area contributed by atoms with Crippen molar-refractivity contribution in [2.45, 2.75) is 25.9 Å². The summed E-state index contributed by atoms with van der Waals surface area (Å²) in [6, 6.07) is 4.04. The van der Waals surface area contributed by atoms with Crippen LogP contribution in [0.5, 0.6) is 17.2 Å². The molecule has 0 saturated carbocycles. The maximum Gasteiger partial charge on any atom is 0.203 e. The van der Waals surface area contributed by atoms with Gasteiger partial charge in [0.2, 0.25) is 5.75 Å². The van der Waals surface area contributed by atoms with Gasteiger partial charge >= 0.3 is 0 Å². The van der Waals surface area contributed by atoms with Crippen molar-refractivity contribution < 1.29 is 19.3 Å². The van der Waals surface area contributed by atoms with Crippen molar-refractivity contribution in [3.63, 3.8) is 0 Å². The Labute approximate surface area is 114 Å². The number of rotatable bonds is 8. The fourth-order valence-electron chi connectivity index (χ4n) is 1.88. The molecule has 1 unspecified atom stereocenters. The summed E-state index contributed by atoms with van der Waals surface area (Å²) in [6.07, 6.45) is 0.718. The summed E-state index contributed by atoms with van der Waals surface area (Å²) < 4.78 is 16.0. The number of hydrogen-bond acceptors (Lipinski definition) is 5. The quantitative estimate of drug-likeness (QED) is 0.750. The molecule has 5 heteroatoms. The number of aliphatic hydroxyl groups excluding tert-OH is 1. The molecule has 1 rings (SSSR count). The lowest BCUT2D eigenvalue weighted by molar-refractivity contribution is 0.268. The standard InChI is InChI=1S/C14H23NO4/c1-10(7-8-16)15-9-11-5-6-12(17-2)14(19-4)13(11)18-3/h5-6,10,15-16H,7-9H2,1-4H3. The van der Waals surface area contributed by atoms with Gasteiger partial charge in [0.15, 0.2) is 11.5 Å². The minimum Gasteiger partial charge on any atom is -0.493 e. The molecule has 5 nitrogen and oxygen atoms in total. The average molecular weight is 269 g/mol. The van der Waals surface area contributed by atoms with Crippen LogP contribution in [0.2, 0.25) is 0 Å². The lowest BCUT2D eigenvalue weighted by Crippen LogP contribution is -2.26. The van der Waals surface area contributed by atoms with Gasteiger partial charge in [-0.1, -0.05) is 6.07 Å². The van der Waals surface area contributed by atoms with E-state index in [9.17, 15) is 0 Å². The van der Waals surface area contributed by atoms with Crippen LogP contribution in [-0.2, 0) is 6.54 Å². The number of benzene rings is 1. The molecule has 0 fully saturated rings. The third kappa shape index (κ3) is 4.01. The third-order valence-corrected chi connectivity index (χ3v) is 2.99. The Bertz CT molecular complexity index is 395. The number of nitrogens with one attached hydrogen (secondary N) is 1. The van der Waals surface area contributed by atoms with E-state index in [0.29, 0.717) is 23.8 Å². The molecule has 0 aliphatic rings. The Morgan fingerprint density at radius 3 is 2.32 bits per heavy atom. The van der Waals surface area contributed by atoms with Gasteiger partial charge in [0.05, 0.1) is 21.3 Å². The van der Waals surface area contributed by atoms with Gasteiger partial charge in [-0.15, -0.1) is 0 Å². The predicted octanol–water partition coefficient (Wildman–Crippen LogP) is 1.57. The van der Waals surface area contributed by atoms with E-state index >= 15 is 0 Å². The zero-order valence-electron chi connectivity index (χ0n) is 12.0. The molecule has 0 saturated heterocycles. The largest absolute Gasteiger partial charge is 0.493 e. The minimum absolute atomic E-state index is 0.178. The lowest BCUT2D eigenvalue weighted by Gasteiger charge is -2.18. The molecule has 0 radical (unpaired) electrons. The van der Waals surface area contributed by atoms with Crippen LogP contribution in [0, 0.1) is 0 Å².